The van der Waals surface area contributed by atoms with Gasteiger partial charge in [-0.1, -0.05) is 12.1 Å². The lowest BCUT2D eigenvalue weighted by molar-refractivity contribution is -0.729. The summed E-state index contributed by atoms with van der Waals surface area (Å²) < 4.78 is 39.6. The summed E-state index contributed by atoms with van der Waals surface area (Å²) >= 11 is 0. The van der Waals surface area contributed by atoms with Gasteiger partial charge in [0.15, 0.2) is 5.82 Å². The Hall–Kier alpha value is -3.74. The van der Waals surface area contributed by atoms with E-state index >= 15 is 0 Å². The van der Waals surface area contributed by atoms with Gasteiger partial charge in [-0.15, -0.1) is 0 Å². The molecule has 0 aliphatic rings. The molecule has 0 fully saturated rings. The lowest BCUT2D eigenvalue weighted by atomic mass is 10.1. The third-order valence-corrected chi connectivity index (χ3v) is 4.02. The number of benzene rings is 2. The van der Waals surface area contributed by atoms with Crippen LogP contribution in [0.1, 0.15) is 22.5 Å². The van der Waals surface area contributed by atoms with Crippen LogP contribution in [0.5, 0.6) is 0 Å². The molecule has 0 radical (unpaired) electrons. The Morgan fingerprint density at radius 2 is 1.86 bits per heavy atom. The lowest BCUT2D eigenvalue weighted by Gasteiger charge is -2.09. The molecule has 0 spiro atoms. The molecule has 0 bridgehead atoms. The molecule has 3 rings (SSSR count). The van der Waals surface area contributed by atoms with Crippen LogP contribution in [0, 0.1) is 16.2 Å². The predicted molar refractivity (Wildman–Crippen MR) is 90.0 cm³/mol. The van der Waals surface area contributed by atoms with Gasteiger partial charge < -0.3 is 0 Å². The summed E-state index contributed by atoms with van der Waals surface area (Å²) in [5.41, 5.74) is 0.132. The zero-order valence-corrected chi connectivity index (χ0v) is 14.3. The fourth-order valence-corrected chi connectivity index (χ4v) is 2.58. The molecule has 3 aromatic rings. The lowest BCUT2D eigenvalue weighted by Crippen LogP contribution is -2.07. The van der Waals surface area contributed by atoms with E-state index in [2.05, 4.69) is 10.1 Å². The van der Waals surface area contributed by atoms with Crippen molar-refractivity contribution in [2.24, 2.45) is 0 Å². The number of hydrogen-bond donors (Lipinski definition) is 1. The van der Waals surface area contributed by atoms with Gasteiger partial charge in [-0.05, 0) is 30.2 Å². The van der Waals surface area contributed by atoms with Crippen molar-refractivity contribution in [1.82, 2.24) is 14.8 Å². The molecule has 1 aromatic heterocycles. The van der Waals surface area contributed by atoms with Gasteiger partial charge in [0.2, 0.25) is 0 Å². The maximum Gasteiger partial charge on any atom is 0.416 e. The second-order valence-electron chi connectivity index (χ2n) is 5.89. The van der Waals surface area contributed by atoms with Crippen LogP contribution in [-0.4, -0.2) is 24.9 Å². The highest BCUT2D eigenvalue weighted by Crippen LogP contribution is 2.31. The van der Waals surface area contributed by atoms with E-state index in [1.807, 2.05) is 0 Å². The first-order chi connectivity index (χ1) is 13.3. The molecule has 0 amide bonds. The number of rotatable bonds is 5. The van der Waals surface area contributed by atoms with Crippen LogP contribution >= 0.6 is 0 Å². The van der Waals surface area contributed by atoms with Crippen molar-refractivity contribution in [3.63, 3.8) is 0 Å². The van der Waals surface area contributed by atoms with E-state index in [4.69, 9.17) is 10.5 Å². The van der Waals surface area contributed by atoms with Crippen molar-refractivity contribution in [2.45, 2.75) is 19.0 Å². The summed E-state index contributed by atoms with van der Waals surface area (Å²) in [4.78, 5) is 14.7. The van der Waals surface area contributed by atoms with Crippen molar-refractivity contribution < 1.29 is 23.3 Å². The van der Waals surface area contributed by atoms with Crippen LogP contribution in [0.15, 0.2) is 48.8 Å². The zero-order valence-electron chi connectivity index (χ0n) is 14.3. The van der Waals surface area contributed by atoms with Gasteiger partial charge in [0.1, 0.15) is 12.4 Å². The Morgan fingerprint density at radius 1 is 1.14 bits per heavy atom. The third-order valence-electron chi connectivity index (χ3n) is 4.02. The second-order valence-corrected chi connectivity index (χ2v) is 5.89. The molecule has 10 heteroatoms. The van der Waals surface area contributed by atoms with Crippen molar-refractivity contribution in [3.05, 3.63) is 76.2 Å². The Labute approximate surface area is 156 Å². The molecule has 1 N–H and O–H groups in total. The number of halogens is 3. The highest BCUT2D eigenvalue weighted by Gasteiger charge is 2.31. The molecule has 0 atom stereocenters. The van der Waals surface area contributed by atoms with Crippen LogP contribution in [0.4, 0.5) is 18.9 Å². The van der Waals surface area contributed by atoms with Crippen LogP contribution in [-0.2, 0) is 19.0 Å². The van der Waals surface area contributed by atoms with Crippen molar-refractivity contribution in [2.75, 3.05) is 0 Å². The number of alkyl halides is 3. The predicted octanol–water partition coefficient (Wildman–Crippen LogP) is 3.74. The van der Waals surface area contributed by atoms with E-state index < -0.39 is 11.7 Å². The van der Waals surface area contributed by atoms with Gasteiger partial charge in [-0.2, -0.15) is 23.5 Å². The van der Waals surface area contributed by atoms with Gasteiger partial charge in [0.25, 0.3) is 4.92 Å². The Kier molecular flexibility index (Phi) is 5.08. The molecule has 2 aromatic carbocycles. The fourth-order valence-electron chi connectivity index (χ4n) is 2.58. The van der Waals surface area contributed by atoms with E-state index in [1.54, 1.807) is 18.2 Å². The Balaban J connectivity index is 1.75. The number of nitriles is 1. The first-order valence-electron chi connectivity index (χ1n) is 8.05. The quantitative estimate of drug-likeness (QED) is 0.672. The molecule has 0 saturated heterocycles. The van der Waals surface area contributed by atoms with Crippen molar-refractivity contribution in [3.8, 4) is 11.8 Å². The second kappa shape index (κ2) is 7.48. The largest absolute Gasteiger partial charge is 0.416 e. The molecule has 0 aliphatic carbocycles. The van der Waals surface area contributed by atoms with Crippen LogP contribution < -0.4 is 0 Å². The fraction of sp³-hybridized carbons (Fsp3) is 0.167. The SMILES string of the molecule is N#Cc1cc(C(F)(F)F)ccc1-n1cnc(CCc2ccc([N+](=O)O)cc2)n1. The van der Waals surface area contributed by atoms with Gasteiger partial charge in [-0.25, -0.2) is 14.9 Å². The minimum absolute atomic E-state index is 0.109. The summed E-state index contributed by atoms with van der Waals surface area (Å²) in [6.07, 6.45) is -2.21. The minimum Gasteiger partial charge on any atom is -0.241 e. The molecular formula is C18H13F3N5O2+. The first-order valence-corrected chi connectivity index (χ1v) is 8.05. The van der Waals surface area contributed by atoms with Gasteiger partial charge >= 0.3 is 11.9 Å². The highest BCUT2D eigenvalue weighted by atomic mass is 19.4. The molecule has 0 unspecified atom stereocenters. The maximum atomic E-state index is 12.8. The average molecular weight is 388 g/mol. The standard InChI is InChI=1S/C18H13F3N5O2/c19-18(20,21)14-4-7-16(13(9-14)10-22)25-11-23-17(24-25)8-3-12-1-5-15(6-2-12)26(27)28/h1-2,4-7,9,11H,3,8H2,(H,27,28)/q+1. The Morgan fingerprint density at radius 3 is 2.46 bits per heavy atom. The number of hydrogen-bond acceptors (Lipinski definition) is 4. The van der Waals surface area contributed by atoms with Crippen LogP contribution in [0.3, 0.4) is 0 Å². The average Bonchev–Trinajstić information content (AvgIpc) is 3.14. The van der Waals surface area contributed by atoms with Crippen LogP contribution in [0.2, 0.25) is 0 Å². The number of aromatic nitrogens is 3. The summed E-state index contributed by atoms with van der Waals surface area (Å²) in [7, 11) is 0. The summed E-state index contributed by atoms with van der Waals surface area (Å²) in [6, 6.07) is 10.9. The molecule has 0 aliphatic heterocycles. The molecular weight excluding hydrogens is 375 g/mol. The monoisotopic (exact) mass is 388 g/mol. The molecule has 142 valence electrons. The number of nitrogens with zero attached hydrogens (tertiary/aromatic N) is 5. The van der Waals surface area contributed by atoms with E-state index in [0.717, 1.165) is 17.7 Å². The topological polar surface area (TPSA) is 94.8 Å². The molecule has 7 nitrogen and oxygen atoms in total. The summed E-state index contributed by atoms with van der Waals surface area (Å²) in [5, 5.41) is 22.2. The summed E-state index contributed by atoms with van der Waals surface area (Å²) in [5.74, 6) is 0.445. The minimum atomic E-state index is -4.54. The van der Waals surface area contributed by atoms with Gasteiger partial charge in [0, 0.05) is 18.6 Å². The normalized spacial score (nSPS) is 11.2. The van der Waals surface area contributed by atoms with Crippen molar-refractivity contribution >= 4 is 5.69 Å². The van der Waals surface area contributed by atoms with Crippen LogP contribution in [0.25, 0.3) is 5.69 Å². The smallest absolute Gasteiger partial charge is 0.241 e. The highest BCUT2D eigenvalue weighted by molar-refractivity contribution is 5.50. The Bertz CT molecular complexity index is 1050. The number of aryl methyl sites for hydroxylation is 2. The first kappa shape index (κ1) is 19.0. The summed E-state index contributed by atoms with van der Waals surface area (Å²) in [6.45, 7) is 0. The zero-order chi connectivity index (χ0) is 20.3. The molecule has 0 saturated carbocycles. The van der Waals surface area contributed by atoms with E-state index in [1.165, 1.54) is 29.2 Å². The third kappa shape index (κ3) is 4.15. The van der Waals surface area contributed by atoms with E-state index in [-0.39, 0.29) is 21.9 Å². The molecule has 28 heavy (non-hydrogen) atoms. The van der Waals surface area contributed by atoms with Crippen molar-refractivity contribution in [1.29, 1.82) is 5.26 Å². The van der Waals surface area contributed by atoms with Gasteiger partial charge in [-0.3, -0.25) is 0 Å². The molecule has 1 heterocycles. The maximum absolute atomic E-state index is 12.8. The van der Waals surface area contributed by atoms with E-state index in [9.17, 15) is 18.1 Å². The van der Waals surface area contributed by atoms with E-state index in [0.29, 0.717) is 18.7 Å². The van der Waals surface area contributed by atoms with Gasteiger partial charge in [0.05, 0.1) is 21.7 Å².